The van der Waals surface area contributed by atoms with E-state index in [2.05, 4.69) is 25.8 Å². The van der Waals surface area contributed by atoms with Gasteiger partial charge in [0.1, 0.15) is 0 Å². The number of amides is 2. The zero-order valence-corrected chi connectivity index (χ0v) is 18.5. The first-order valence-electron chi connectivity index (χ1n) is 9.07. The molecule has 2 N–H and O–H groups in total. The highest BCUT2D eigenvalue weighted by Crippen LogP contribution is 2.32. The van der Waals surface area contributed by atoms with Gasteiger partial charge in [-0.3, -0.25) is 19.2 Å². The Bertz CT molecular complexity index is 1390. The SMILES string of the molecule is Cn1c(=O)c2c(nc(Sc3nnc(NC(=O)NCc4ccccc4)s3)n2C)n(C)c1=O. The Balaban J connectivity index is 1.48. The third-order valence-corrected chi connectivity index (χ3v) is 6.47. The minimum absolute atomic E-state index is 0.293. The normalized spacial score (nSPS) is 11.1. The van der Waals surface area contributed by atoms with Gasteiger partial charge in [-0.1, -0.05) is 41.7 Å². The molecule has 0 fully saturated rings. The fraction of sp³-hybridized carbons (Fsp3) is 0.222. The molecule has 13 heteroatoms. The van der Waals surface area contributed by atoms with Crippen molar-refractivity contribution in [1.82, 2.24) is 34.2 Å². The van der Waals surface area contributed by atoms with Gasteiger partial charge >= 0.3 is 11.7 Å². The molecule has 1 aromatic carbocycles. The third kappa shape index (κ3) is 4.09. The van der Waals surface area contributed by atoms with Crippen LogP contribution in [-0.2, 0) is 27.7 Å². The molecule has 0 aliphatic carbocycles. The lowest BCUT2D eigenvalue weighted by Crippen LogP contribution is -2.37. The Kier molecular flexibility index (Phi) is 5.61. The summed E-state index contributed by atoms with van der Waals surface area (Å²) in [6, 6.07) is 9.15. The maximum absolute atomic E-state index is 12.5. The predicted molar refractivity (Wildman–Crippen MR) is 118 cm³/mol. The van der Waals surface area contributed by atoms with Crippen molar-refractivity contribution in [3.05, 3.63) is 56.7 Å². The van der Waals surface area contributed by atoms with Crippen molar-refractivity contribution in [3.63, 3.8) is 0 Å². The lowest BCUT2D eigenvalue weighted by atomic mass is 10.2. The fourth-order valence-electron chi connectivity index (χ4n) is 2.89. The van der Waals surface area contributed by atoms with E-state index in [0.29, 0.717) is 32.3 Å². The van der Waals surface area contributed by atoms with Crippen molar-refractivity contribution in [2.75, 3.05) is 5.32 Å². The molecule has 4 aromatic rings. The van der Waals surface area contributed by atoms with Crippen molar-refractivity contribution in [3.8, 4) is 0 Å². The second-order valence-corrected chi connectivity index (χ2v) is 8.79. The van der Waals surface area contributed by atoms with Gasteiger partial charge in [0.2, 0.25) is 5.13 Å². The number of benzene rings is 1. The van der Waals surface area contributed by atoms with Crippen LogP contribution in [0.5, 0.6) is 0 Å². The lowest BCUT2D eigenvalue weighted by molar-refractivity contribution is 0.251. The molecule has 0 saturated heterocycles. The summed E-state index contributed by atoms with van der Waals surface area (Å²) in [6.07, 6.45) is 0. The summed E-state index contributed by atoms with van der Waals surface area (Å²) >= 11 is 2.36. The Morgan fingerprint density at radius 1 is 1.06 bits per heavy atom. The van der Waals surface area contributed by atoms with Crippen LogP contribution >= 0.6 is 23.1 Å². The number of rotatable bonds is 5. The van der Waals surface area contributed by atoms with Gasteiger partial charge in [-0.15, -0.1) is 10.2 Å². The zero-order valence-electron chi connectivity index (χ0n) is 16.8. The number of fused-ring (bicyclic) bond motifs is 1. The highest BCUT2D eigenvalue weighted by Gasteiger charge is 2.19. The van der Waals surface area contributed by atoms with Crippen LogP contribution in [0.3, 0.4) is 0 Å². The first kappa shape index (κ1) is 20.8. The molecule has 2 amide bonds. The predicted octanol–water partition coefficient (Wildman–Crippen LogP) is 1.30. The maximum atomic E-state index is 12.5. The van der Waals surface area contributed by atoms with Crippen molar-refractivity contribution >= 4 is 45.4 Å². The van der Waals surface area contributed by atoms with Gasteiger partial charge in [-0.05, 0) is 17.3 Å². The minimum Gasteiger partial charge on any atom is -0.334 e. The van der Waals surface area contributed by atoms with Gasteiger partial charge in [-0.25, -0.2) is 14.6 Å². The topological polar surface area (TPSA) is 129 Å². The smallest absolute Gasteiger partial charge is 0.332 e. The highest BCUT2D eigenvalue weighted by molar-refractivity contribution is 8.01. The summed E-state index contributed by atoms with van der Waals surface area (Å²) in [7, 11) is 4.68. The molecule has 11 nitrogen and oxygen atoms in total. The second kappa shape index (κ2) is 8.35. The fourth-order valence-corrected chi connectivity index (χ4v) is 4.59. The number of nitrogens with zero attached hydrogens (tertiary/aromatic N) is 6. The van der Waals surface area contributed by atoms with Crippen molar-refractivity contribution < 1.29 is 4.79 Å². The van der Waals surface area contributed by atoms with Gasteiger partial charge in [0.25, 0.3) is 5.56 Å². The molecule has 31 heavy (non-hydrogen) atoms. The Morgan fingerprint density at radius 3 is 2.55 bits per heavy atom. The number of anilines is 1. The van der Waals surface area contributed by atoms with Crippen LogP contribution in [0.4, 0.5) is 9.93 Å². The molecule has 0 saturated carbocycles. The van der Waals surface area contributed by atoms with Crippen molar-refractivity contribution in [2.45, 2.75) is 16.0 Å². The van der Waals surface area contributed by atoms with Gasteiger partial charge in [0.05, 0.1) is 0 Å². The third-order valence-electron chi connectivity index (χ3n) is 4.54. The molecular formula is C18H18N8O3S2. The molecule has 0 spiro atoms. The summed E-state index contributed by atoms with van der Waals surface area (Å²) < 4.78 is 4.51. The quantitative estimate of drug-likeness (QED) is 0.431. The van der Waals surface area contributed by atoms with E-state index < -0.39 is 17.3 Å². The molecule has 3 heterocycles. The molecule has 0 bridgehead atoms. The van der Waals surface area contributed by atoms with E-state index in [1.54, 1.807) is 18.7 Å². The van der Waals surface area contributed by atoms with Crippen LogP contribution < -0.4 is 21.9 Å². The number of aromatic nitrogens is 6. The molecule has 4 rings (SSSR count). The van der Waals surface area contributed by atoms with E-state index in [-0.39, 0.29) is 0 Å². The molecule has 0 aliphatic rings. The van der Waals surface area contributed by atoms with Crippen molar-refractivity contribution in [1.29, 1.82) is 0 Å². The number of aryl methyl sites for hydroxylation is 2. The van der Waals surface area contributed by atoms with Crippen LogP contribution in [0.2, 0.25) is 0 Å². The number of carbonyl (C=O) groups is 1. The van der Waals surface area contributed by atoms with Crippen LogP contribution in [-0.4, -0.2) is 34.9 Å². The average molecular weight is 459 g/mol. The Labute approximate surface area is 183 Å². The van der Waals surface area contributed by atoms with Gasteiger partial charge < -0.3 is 9.88 Å². The summed E-state index contributed by atoms with van der Waals surface area (Å²) in [5, 5.41) is 14.2. The summed E-state index contributed by atoms with van der Waals surface area (Å²) in [5.74, 6) is 0. The zero-order chi connectivity index (χ0) is 22.1. The number of nitrogens with one attached hydrogen (secondary N) is 2. The van der Waals surface area contributed by atoms with E-state index in [1.807, 2.05) is 30.3 Å². The summed E-state index contributed by atoms with van der Waals surface area (Å²) in [6.45, 7) is 0.390. The van der Waals surface area contributed by atoms with Gasteiger partial charge in [-0.2, -0.15) is 0 Å². The lowest BCUT2D eigenvalue weighted by Gasteiger charge is -2.04. The molecule has 160 valence electrons. The molecular weight excluding hydrogens is 440 g/mol. The molecule has 0 radical (unpaired) electrons. The number of hydrogen-bond acceptors (Lipinski definition) is 8. The molecule has 0 aliphatic heterocycles. The van der Waals surface area contributed by atoms with E-state index >= 15 is 0 Å². The minimum atomic E-state index is -0.448. The second-order valence-electron chi connectivity index (χ2n) is 6.60. The summed E-state index contributed by atoms with van der Waals surface area (Å²) in [4.78, 5) is 41.1. The van der Waals surface area contributed by atoms with E-state index in [4.69, 9.17) is 0 Å². The maximum Gasteiger partial charge on any atom is 0.332 e. The van der Waals surface area contributed by atoms with E-state index in [0.717, 1.165) is 10.1 Å². The van der Waals surface area contributed by atoms with Crippen LogP contribution in [0.25, 0.3) is 11.2 Å². The first-order valence-corrected chi connectivity index (χ1v) is 10.7. The van der Waals surface area contributed by atoms with Crippen LogP contribution in [0.1, 0.15) is 5.56 Å². The molecule has 0 atom stereocenters. The van der Waals surface area contributed by atoms with Crippen molar-refractivity contribution in [2.24, 2.45) is 21.1 Å². The van der Waals surface area contributed by atoms with Gasteiger partial charge in [0, 0.05) is 27.7 Å². The standard InChI is InChI=1S/C18H18N8O3S2/c1-24-11-12(25(2)18(29)26(3)13(11)27)20-16(24)31-17-23-22-15(30-17)21-14(28)19-9-10-7-5-4-6-8-10/h4-8H,9H2,1-3H3,(H2,19,21,22,28). The highest BCUT2D eigenvalue weighted by atomic mass is 32.2. The van der Waals surface area contributed by atoms with E-state index in [1.165, 1.54) is 34.7 Å². The van der Waals surface area contributed by atoms with E-state index in [9.17, 15) is 14.4 Å². The molecule has 3 aromatic heterocycles. The molecule has 0 unspecified atom stereocenters. The number of urea groups is 1. The van der Waals surface area contributed by atoms with Crippen LogP contribution in [0.15, 0.2) is 49.4 Å². The largest absolute Gasteiger partial charge is 0.334 e. The number of imidazole rings is 1. The Hall–Kier alpha value is -3.45. The van der Waals surface area contributed by atoms with Gasteiger partial charge in [0.15, 0.2) is 20.7 Å². The number of carbonyl (C=O) groups excluding carboxylic acids is 1. The average Bonchev–Trinajstić information content (AvgIpc) is 3.34. The van der Waals surface area contributed by atoms with Crippen LogP contribution in [0, 0.1) is 0 Å². The first-order chi connectivity index (χ1) is 14.8. The Morgan fingerprint density at radius 2 is 1.81 bits per heavy atom. The monoisotopic (exact) mass is 458 g/mol. The number of hydrogen-bond donors (Lipinski definition) is 2. The summed E-state index contributed by atoms with van der Waals surface area (Å²) in [5.41, 5.74) is 0.718.